The Balaban J connectivity index is 1.99. The van der Waals surface area contributed by atoms with Crippen molar-refractivity contribution < 1.29 is 56.5 Å². The molecule has 160 valence electrons. The van der Waals surface area contributed by atoms with Gasteiger partial charge in [-0.3, -0.25) is 18.9 Å². The van der Waals surface area contributed by atoms with Crippen LogP contribution in [-0.2, 0) is 31.6 Å². The second-order valence-electron chi connectivity index (χ2n) is 5.26. The van der Waals surface area contributed by atoms with E-state index in [-0.39, 0.29) is 0 Å². The SMILES string of the molecule is O=c1ccn([C@H]2O[C@@H](CO[PH](=O)OP(=O)(O)OP(=O)(O)O)C(O)C2O)c(=O)[nH]1. The second-order valence-corrected chi connectivity index (χ2v) is 9.35. The average molecular weight is 468 g/mol. The average Bonchev–Trinajstić information content (AvgIpc) is 2.78. The molecule has 6 N–H and O–H groups in total. The van der Waals surface area contributed by atoms with E-state index in [2.05, 4.69) is 13.1 Å². The van der Waals surface area contributed by atoms with Crippen LogP contribution in [0.4, 0.5) is 0 Å². The molecule has 6 atom stereocenters. The molecule has 1 aliphatic heterocycles. The van der Waals surface area contributed by atoms with Gasteiger partial charge in [0.15, 0.2) is 6.23 Å². The van der Waals surface area contributed by atoms with Crippen molar-refractivity contribution in [1.29, 1.82) is 0 Å². The molecule has 19 heteroatoms. The topological polar surface area (TPSA) is 244 Å². The number of aromatic amines is 1. The largest absolute Gasteiger partial charge is 0.488 e. The molecule has 0 spiro atoms. The van der Waals surface area contributed by atoms with Crippen LogP contribution >= 0.6 is 23.9 Å². The Hall–Kier alpha value is -0.990. The first-order valence-corrected chi connectivity index (χ1v) is 11.3. The molecule has 16 nitrogen and oxygen atoms in total. The summed E-state index contributed by atoms with van der Waals surface area (Å²) in [5, 5.41) is 19.9. The van der Waals surface area contributed by atoms with Crippen LogP contribution in [0.2, 0.25) is 0 Å². The molecule has 1 aromatic heterocycles. The van der Waals surface area contributed by atoms with Crippen LogP contribution < -0.4 is 11.2 Å². The summed E-state index contributed by atoms with van der Waals surface area (Å²) in [5.41, 5.74) is -1.66. The summed E-state index contributed by atoms with van der Waals surface area (Å²) in [4.78, 5) is 50.6. The van der Waals surface area contributed by atoms with Crippen LogP contribution in [0, 0.1) is 0 Å². The molecule has 0 bridgehead atoms. The maximum Gasteiger partial charge on any atom is 0.488 e. The first kappa shape index (κ1) is 23.3. The van der Waals surface area contributed by atoms with Gasteiger partial charge in [0.2, 0.25) is 0 Å². The quantitative estimate of drug-likeness (QED) is 0.222. The first-order chi connectivity index (χ1) is 12.8. The van der Waals surface area contributed by atoms with Crippen molar-refractivity contribution in [1.82, 2.24) is 9.55 Å². The number of hydrogen-bond acceptors (Lipinski definition) is 11. The zero-order chi connectivity index (χ0) is 21.3. The van der Waals surface area contributed by atoms with Gasteiger partial charge >= 0.3 is 29.6 Å². The predicted molar refractivity (Wildman–Crippen MR) is 86.2 cm³/mol. The van der Waals surface area contributed by atoms with Crippen molar-refractivity contribution >= 4 is 23.9 Å². The minimum atomic E-state index is -5.42. The smallest absolute Gasteiger partial charge is 0.387 e. The lowest BCUT2D eigenvalue weighted by Gasteiger charge is -2.16. The zero-order valence-corrected chi connectivity index (χ0v) is 16.2. The van der Waals surface area contributed by atoms with Gasteiger partial charge in [-0.25, -0.2) is 18.2 Å². The number of rotatable bonds is 8. The van der Waals surface area contributed by atoms with Crippen molar-refractivity contribution in [3.8, 4) is 0 Å². The molecule has 0 amide bonds. The molecule has 0 radical (unpaired) electrons. The van der Waals surface area contributed by atoms with E-state index in [4.69, 9.17) is 19.4 Å². The third-order valence-corrected chi connectivity index (χ3v) is 6.83. The number of aliphatic hydroxyl groups is 2. The van der Waals surface area contributed by atoms with E-state index in [1.165, 1.54) is 0 Å². The molecule has 1 saturated heterocycles. The lowest BCUT2D eigenvalue weighted by Crippen LogP contribution is -2.37. The van der Waals surface area contributed by atoms with Gasteiger partial charge in [-0.05, 0) is 0 Å². The standard InChI is InChI=1S/C9H15N2O14P3/c12-5-1-2-11(9(15)10-5)8-7(14)6(13)4(23-8)3-22-26(16)24-28(20,21)25-27(17,18)19/h1-2,4,6-8,13-14,26H,3H2,(H,20,21)(H,10,12,15)(H2,17,18,19)/t4-,6?,7?,8-/m0/s1. The first-order valence-electron chi connectivity index (χ1n) is 7.08. The van der Waals surface area contributed by atoms with Crippen molar-refractivity contribution in [2.45, 2.75) is 24.5 Å². The highest BCUT2D eigenvalue weighted by Gasteiger charge is 2.44. The molecule has 2 rings (SSSR count). The molecule has 0 saturated carbocycles. The van der Waals surface area contributed by atoms with E-state index < -0.39 is 66.3 Å². The van der Waals surface area contributed by atoms with Gasteiger partial charge in [-0.2, -0.15) is 4.31 Å². The van der Waals surface area contributed by atoms with Crippen LogP contribution in [0.1, 0.15) is 6.23 Å². The molecule has 1 aliphatic rings. The third kappa shape index (κ3) is 6.26. The van der Waals surface area contributed by atoms with Crippen LogP contribution in [-0.4, -0.2) is 59.4 Å². The highest BCUT2D eigenvalue weighted by atomic mass is 31.3. The summed E-state index contributed by atoms with van der Waals surface area (Å²) >= 11 is 0. The lowest BCUT2D eigenvalue weighted by atomic mass is 10.1. The van der Waals surface area contributed by atoms with E-state index in [0.29, 0.717) is 0 Å². The Morgan fingerprint density at radius 1 is 1.21 bits per heavy atom. The highest BCUT2D eigenvalue weighted by Crippen LogP contribution is 2.61. The molecule has 1 fully saturated rings. The minimum Gasteiger partial charge on any atom is -0.387 e. The van der Waals surface area contributed by atoms with Gasteiger partial charge in [-0.1, -0.05) is 0 Å². The Morgan fingerprint density at radius 2 is 1.86 bits per heavy atom. The summed E-state index contributed by atoms with van der Waals surface area (Å²) in [6, 6.07) is 0.958. The van der Waals surface area contributed by atoms with E-state index in [1.807, 2.05) is 4.98 Å². The number of hydrogen-bond donors (Lipinski definition) is 6. The lowest BCUT2D eigenvalue weighted by molar-refractivity contribution is -0.0517. The van der Waals surface area contributed by atoms with Crippen molar-refractivity contribution in [2.75, 3.05) is 6.61 Å². The number of H-pyrrole nitrogens is 1. The molecule has 0 aromatic carbocycles. The Morgan fingerprint density at radius 3 is 2.43 bits per heavy atom. The van der Waals surface area contributed by atoms with Gasteiger partial charge in [0.25, 0.3) is 5.56 Å². The number of ether oxygens (including phenoxy) is 1. The predicted octanol–water partition coefficient (Wildman–Crippen LogP) is -2.21. The monoisotopic (exact) mass is 468 g/mol. The third-order valence-electron chi connectivity index (χ3n) is 3.23. The number of nitrogens with one attached hydrogen (secondary N) is 1. The summed E-state index contributed by atoms with van der Waals surface area (Å²) in [6.07, 6.45) is -5.16. The zero-order valence-electron chi connectivity index (χ0n) is 13.4. The number of nitrogens with zero attached hydrogens (tertiary/aromatic N) is 1. The van der Waals surface area contributed by atoms with E-state index >= 15 is 0 Å². The molecule has 28 heavy (non-hydrogen) atoms. The van der Waals surface area contributed by atoms with Crippen LogP contribution in [0.5, 0.6) is 0 Å². The molecule has 2 heterocycles. The summed E-state index contributed by atoms with van der Waals surface area (Å²) in [7, 11) is -14.7. The fraction of sp³-hybridized carbons (Fsp3) is 0.556. The number of phosphoric acid groups is 2. The van der Waals surface area contributed by atoms with E-state index in [1.54, 1.807) is 0 Å². The number of aliphatic hydroxyl groups excluding tert-OH is 2. The Labute approximate surface area is 155 Å². The fourth-order valence-corrected chi connectivity index (χ4v) is 4.92. The second kappa shape index (κ2) is 8.79. The van der Waals surface area contributed by atoms with Crippen molar-refractivity contribution in [3.05, 3.63) is 33.1 Å². The fourth-order valence-electron chi connectivity index (χ4n) is 2.15. The highest BCUT2D eigenvalue weighted by molar-refractivity contribution is 7.64. The van der Waals surface area contributed by atoms with E-state index in [9.17, 15) is 33.5 Å². The van der Waals surface area contributed by atoms with Gasteiger partial charge < -0.3 is 34.2 Å². The van der Waals surface area contributed by atoms with Gasteiger partial charge in [0.1, 0.15) is 18.3 Å². The molecular formula is C9H15N2O14P3. The summed E-state index contributed by atoms with van der Waals surface area (Å²) < 4.78 is 51.1. The van der Waals surface area contributed by atoms with Gasteiger partial charge in [0.05, 0.1) is 6.61 Å². The minimum absolute atomic E-state index is 0.712. The number of aromatic nitrogens is 2. The summed E-state index contributed by atoms with van der Waals surface area (Å²) in [6.45, 7) is -0.777. The molecule has 0 aliphatic carbocycles. The van der Waals surface area contributed by atoms with Crippen molar-refractivity contribution in [2.24, 2.45) is 0 Å². The molecule has 1 aromatic rings. The normalized spacial score (nSPS) is 28.8. The Kier molecular flexibility index (Phi) is 7.32. The van der Waals surface area contributed by atoms with Crippen molar-refractivity contribution in [3.63, 3.8) is 0 Å². The van der Waals surface area contributed by atoms with Crippen LogP contribution in [0.3, 0.4) is 0 Å². The maximum atomic E-state index is 11.7. The van der Waals surface area contributed by atoms with Crippen LogP contribution in [0.25, 0.3) is 0 Å². The Bertz CT molecular complexity index is 936. The van der Waals surface area contributed by atoms with E-state index in [0.717, 1.165) is 16.8 Å². The van der Waals surface area contributed by atoms with Gasteiger partial charge in [-0.15, -0.1) is 0 Å². The van der Waals surface area contributed by atoms with Gasteiger partial charge in [0, 0.05) is 12.3 Å². The molecule has 4 unspecified atom stereocenters. The van der Waals surface area contributed by atoms with Crippen LogP contribution in [0.15, 0.2) is 21.9 Å². The summed E-state index contributed by atoms with van der Waals surface area (Å²) in [5.74, 6) is 0. The molecular weight excluding hydrogens is 453 g/mol. The maximum absolute atomic E-state index is 11.7.